The molecule has 3 N–H and O–H groups in total. The summed E-state index contributed by atoms with van der Waals surface area (Å²) in [7, 11) is 0. The maximum Gasteiger partial charge on any atom is 0.410 e. The molecule has 0 saturated carbocycles. The van der Waals surface area contributed by atoms with Gasteiger partial charge in [0.15, 0.2) is 11.5 Å². The van der Waals surface area contributed by atoms with Gasteiger partial charge in [-0.3, -0.25) is 10.4 Å². The number of aromatic amines is 1. The van der Waals surface area contributed by atoms with Crippen LogP contribution in [0.4, 0.5) is 10.6 Å². The summed E-state index contributed by atoms with van der Waals surface area (Å²) in [5, 5.41) is 28.6. The van der Waals surface area contributed by atoms with E-state index in [1.54, 1.807) is 12.3 Å². The fourth-order valence-corrected chi connectivity index (χ4v) is 3.12. The van der Waals surface area contributed by atoms with E-state index >= 15 is 0 Å². The van der Waals surface area contributed by atoms with Crippen LogP contribution in [0.25, 0.3) is 33.4 Å². The largest absolute Gasteiger partial charge is 0.465 e. The molecule has 0 bridgehead atoms. The summed E-state index contributed by atoms with van der Waals surface area (Å²) in [6, 6.07) is 14.6. The molecule has 2 heterocycles. The van der Waals surface area contributed by atoms with Crippen LogP contribution in [0, 0.1) is 11.3 Å². The van der Waals surface area contributed by atoms with E-state index in [0.717, 1.165) is 5.39 Å². The van der Waals surface area contributed by atoms with E-state index in [1.807, 2.05) is 42.5 Å². The number of carboxylic acid groups (broad SMARTS) is 1. The molecule has 2 aromatic carbocycles. The Morgan fingerprint density at radius 1 is 1.14 bits per heavy atom. The number of fused-ring (bicyclic) bond motifs is 1. The first-order valence-electron chi connectivity index (χ1n) is 8.07. The number of amides is 1. The van der Waals surface area contributed by atoms with Gasteiger partial charge in [-0.1, -0.05) is 41.9 Å². The van der Waals surface area contributed by atoms with Gasteiger partial charge >= 0.3 is 6.09 Å². The van der Waals surface area contributed by atoms with Gasteiger partial charge in [-0.25, -0.2) is 14.8 Å². The zero-order valence-electron chi connectivity index (χ0n) is 14.1. The molecule has 4 rings (SSSR count). The summed E-state index contributed by atoms with van der Waals surface area (Å²) in [5.41, 5.74) is 2.71. The summed E-state index contributed by atoms with van der Waals surface area (Å²) in [6.45, 7) is 0. The number of nitrogens with zero attached hydrogens (tertiary/aromatic N) is 4. The van der Waals surface area contributed by atoms with Crippen molar-refractivity contribution in [1.82, 2.24) is 20.2 Å². The highest BCUT2D eigenvalue weighted by molar-refractivity contribution is 6.35. The molecule has 0 spiro atoms. The number of hydrogen-bond acceptors (Lipinski definition) is 5. The Bertz CT molecular complexity index is 1250. The van der Waals surface area contributed by atoms with Crippen molar-refractivity contribution in [3.05, 3.63) is 59.4 Å². The van der Waals surface area contributed by atoms with E-state index in [-0.39, 0.29) is 11.5 Å². The Morgan fingerprint density at radius 2 is 1.89 bits per heavy atom. The maximum atomic E-state index is 11.1. The lowest BCUT2D eigenvalue weighted by molar-refractivity contribution is 0.209. The van der Waals surface area contributed by atoms with Crippen molar-refractivity contribution in [2.75, 3.05) is 5.32 Å². The van der Waals surface area contributed by atoms with Gasteiger partial charge in [0.1, 0.15) is 6.07 Å². The number of benzene rings is 2. The van der Waals surface area contributed by atoms with Gasteiger partial charge in [-0.05, 0) is 12.1 Å². The van der Waals surface area contributed by atoms with Gasteiger partial charge in [-0.2, -0.15) is 10.4 Å². The van der Waals surface area contributed by atoms with E-state index in [2.05, 4.69) is 25.5 Å². The van der Waals surface area contributed by atoms with Crippen molar-refractivity contribution in [3.8, 4) is 28.6 Å². The van der Waals surface area contributed by atoms with Gasteiger partial charge in [0, 0.05) is 16.5 Å². The summed E-state index contributed by atoms with van der Waals surface area (Å²) in [4.78, 5) is 19.9. The first-order chi connectivity index (χ1) is 13.6. The van der Waals surface area contributed by atoms with Crippen molar-refractivity contribution in [2.45, 2.75) is 0 Å². The van der Waals surface area contributed by atoms with Gasteiger partial charge in [-0.15, -0.1) is 0 Å². The highest BCUT2D eigenvalue weighted by atomic mass is 35.5. The third-order valence-corrected chi connectivity index (χ3v) is 4.35. The van der Waals surface area contributed by atoms with Crippen LogP contribution in [0.5, 0.6) is 0 Å². The highest BCUT2D eigenvalue weighted by Crippen LogP contribution is 2.35. The Morgan fingerprint density at radius 3 is 2.61 bits per heavy atom. The topological polar surface area (TPSA) is 128 Å². The lowest BCUT2D eigenvalue weighted by Gasteiger charge is -2.12. The van der Waals surface area contributed by atoms with Crippen LogP contribution in [0.3, 0.4) is 0 Å². The van der Waals surface area contributed by atoms with Crippen molar-refractivity contribution < 1.29 is 9.90 Å². The van der Waals surface area contributed by atoms with Crippen LogP contribution in [-0.2, 0) is 0 Å². The average molecular weight is 391 g/mol. The van der Waals surface area contributed by atoms with Gasteiger partial charge in [0.05, 0.1) is 28.1 Å². The van der Waals surface area contributed by atoms with E-state index < -0.39 is 6.09 Å². The quantitative estimate of drug-likeness (QED) is 0.478. The van der Waals surface area contributed by atoms with Crippen LogP contribution < -0.4 is 5.32 Å². The summed E-state index contributed by atoms with van der Waals surface area (Å²) >= 11 is 6.35. The van der Waals surface area contributed by atoms with E-state index in [1.165, 1.54) is 0 Å². The molecule has 0 saturated heterocycles. The fraction of sp³-hybridized carbons (Fsp3) is 0. The third-order valence-electron chi connectivity index (χ3n) is 4.05. The molecule has 4 aromatic rings. The van der Waals surface area contributed by atoms with E-state index in [9.17, 15) is 10.1 Å². The first kappa shape index (κ1) is 17.5. The van der Waals surface area contributed by atoms with Crippen molar-refractivity contribution in [3.63, 3.8) is 0 Å². The molecule has 136 valence electrons. The predicted octanol–water partition coefficient (Wildman–Crippen LogP) is 4.30. The lowest BCUT2D eigenvalue weighted by Crippen LogP contribution is -2.12. The number of halogens is 1. The Hall–Kier alpha value is -3.96. The van der Waals surface area contributed by atoms with Crippen LogP contribution in [0.15, 0.2) is 48.7 Å². The number of nitriles is 1. The minimum atomic E-state index is -1.33. The van der Waals surface area contributed by atoms with Crippen molar-refractivity contribution >= 4 is 34.4 Å². The maximum absolute atomic E-state index is 11.1. The monoisotopic (exact) mass is 390 g/mol. The summed E-state index contributed by atoms with van der Waals surface area (Å²) < 4.78 is 0. The Balaban J connectivity index is 2.01. The Labute approximate surface area is 163 Å². The average Bonchev–Trinajstić information content (AvgIpc) is 3.17. The fourth-order valence-electron chi connectivity index (χ4n) is 2.85. The highest BCUT2D eigenvalue weighted by Gasteiger charge is 2.19. The molecule has 0 aliphatic heterocycles. The molecule has 0 atom stereocenters. The number of H-pyrrole nitrogens is 1. The molecule has 2 aromatic heterocycles. The molecular weight excluding hydrogens is 380 g/mol. The number of nitrogens with one attached hydrogen (secondary N) is 2. The second kappa shape index (κ2) is 6.98. The number of anilines is 1. The van der Waals surface area contributed by atoms with Gasteiger partial charge in [0.2, 0.25) is 0 Å². The van der Waals surface area contributed by atoms with Crippen molar-refractivity contribution in [2.24, 2.45) is 0 Å². The summed E-state index contributed by atoms with van der Waals surface area (Å²) in [5.74, 6) is -0.131. The summed E-state index contributed by atoms with van der Waals surface area (Å²) in [6.07, 6.45) is 0.298. The molecule has 0 aliphatic rings. The lowest BCUT2D eigenvalue weighted by atomic mass is 10.0. The Kier molecular flexibility index (Phi) is 4.35. The molecule has 28 heavy (non-hydrogen) atoms. The van der Waals surface area contributed by atoms with E-state index in [4.69, 9.17) is 16.7 Å². The zero-order valence-corrected chi connectivity index (χ0v) is 14.9. The zero-order chi connectivity index (χ0) is 19.7. The minimum absolute atomic E-state index is 0.131. The predicted molar refractivity (Wildman–Crippen MR) is 104 cm³/mol. The van der Waals surface area contributed by atoms with E-state index in [0.29, 0.717) is 33.1 Å². The number of hydrogen-bond donors (Lipinski definition) is 3. The second-order valence-electron chi connectivity index (χ2n) is 5.82. The van der Waals surface area contributed by atoms with Crippen LogP contribution in [-0.4, -0.2) is 31.4 Å². The smallest absolute Gasteiger partial charge is 0.410 e. The molecule has 1 amide bonds. The number of rotatable bonds is 3. The normalized spacial score (nSPS) is 10.6. The molecule has 9 heteroatoms. The molecule has 0 radical (unpaired) electrons. The standard InChI is InChI=1S/C19H11ClN6O2/c20-13-7-11(6-12-9-22-26-15(12)13)17-16(10-4-2-1-3-5-10)24-18(25-19(27)28)14(8-21)23-17/h1-7,9H,(H,22,26)(H,24,25)(H,27,28). The van der Waals surface area contributed by atoms with Crippen LogP contribution >= 0.6 is 11.6 Å². The number of carbonyl (C=O) groups is 1. The third kappa shape index (κ3) is 3.11. The molecule has 0 unspecified atom stereocenters. The van der Waals surface area contributed by atoms with Crippen molar-refractivity contribution in [1.29, 1.82) is 5.26 Å². The molecular formula is C19H11ClN6O2. The van der Waals surface area contributed by atoms with Crippen LogP contribution in [0.2, 0.25) is 5.02 Å². The van der Waals surface area contributed by atoms with Gasteiger partial charge < -0.3 is 5.11 Å². The second-order valence-corrected chi connectivity index (χ2v) is 6.23. The SMILES string of the molecule is N#Cc1nc(-c2cc(Cl)c3[nH]ncc3c2)c(-c2ccccc2)nc1NC(=O)O. The van der Waals surface area contributed by atoms with Crippen LogP contribution in [0.1, 0.15) is 5.69 Å². The minimum Gasteiger partial charge on any atom is -0.465 e. The molecule has 0 aliphatic carbocycles. The number of aromatic nitrogens is 4. The van der Waals surface area contributed by atoms with Gasteiger partial charge in [0.25, 0.3) is 0 Å². The first-order valence-corrected chi connectivity index (χ1v) is 8.45. The molecule has 0 fully saturated rings. The molecule has 8 nitrogen and oxygen atoms in total.